The quantitative estimate of drug-likeness (QED) is 0.648. The highest BCUT2D eigenvalue weighted by atomic mass is 16.2. The van der Waals surface area contributed by atoms with Gasteiger partial charge in [-0.2, -0.15) is 0 Å². The number of carbonyl (C=O) groups is 3. The lowest BCUT2D eigenvalue weighted by Gasteiger charge is -2.35. The standard InChI is InChI=1S/C23H22N2O3/c26-21-20(22(27)25(23(28)24-21)19-9-5-2-6-10-19)15-16-11-13-18(14-12-16)17-7-3-1-4-8-17/h1,3-4,7-8,11-15,19H,2,5-6,9-10H2,(H,24,26,28). The van der Waals surface area contributed by atoms with Crippen LogP contribution in [0.5, 0.6) is 0 Å². The smallest absolute Gasteiger partial charge is 0.273 e. The number of hydrogen-bond donors (Lipinski definition) is 1. The van der Waals surface area contributed by atoms with Gasteiger partial charge in [-0.3, -0.25) is 19.8 Å². The predicted molar refractivity (Wildman–Crippen MR) is 107 cm³/mol. The van der Waals surface area contributed by atoms with Gasteiger partial charge in [0.2, 0.25) is 0 Å². The highest BCUT2D eigenvalue weighted by Crippen LogP contribution is 2.27. The molecule has 1 N–H and O–H groups in total. The molecule has 1 saturated carbocycles. The third-order valence-electron chi connectivity index (χ3n) is 5.40. The fourth-order valence-corrected chi connectivity index (χ4v) is 3.91. The minimum absolute atomic E-state index is 0.0117. The number of nitrogens with one attached hydrogen (secondary N) is 1. The van der Waals surface area contributed by atoms with Crippen molar-refractivity contribution in [1.82, 2.24) is 10.2 Å². The Balaban J connectivity index is 1.59. The van der Waals surface area contributed by atoms with E-state index in [0.717, 1.165) is 48.8 Å². The Bertz CT molecular complexity index is 926. The number of rotatable bonds is 3. The summed E-state index contributed by atoms with van der Waals surface area (Å²) in [5.74, 6) is -1.12. The first-order valence-electron chi connectivity index (χ1n) is 9.69. The molecule has 142 valence electrons. The van der Waals surface area contributed by atoms with Crippen LogP contribution in [0.1, 0.15) is 37.7 Å². The van der Waals surface area contributed by atoms with Crippen LogP contribution in [0.3, 0.4) is 0 Å². The summed E-state index contributed by atoms with van der Waals surface area (Å²) >= 11 is 0. The summed E-state index contributed by atoms with van der Waals surface area (Å²) in [6.07, 6.45) is 6.27. The van der Waals surface area contributed by atoms with Crippen molar-refractivity contribution in [3.63, 3.8) is 0 Å². The Morgan fingerprint density at radius 3 is 2.14 bits per heavy atom. The number of imide groups is 2. The second-order valence-corrected chi connectivity index (χ2v) is 7.27. The van der Waals surface area contributed by atoms with Crippen LogP contribution in [0.2, 0.25) is 0 Å². The number of amides is 4. The van der Waals surface area contributed by atoms with Crippen LogP contribution >= 0.6 is 0 Å². The molecule has 0 unspecified atom stereocenters. The normalized spacial score (nSPS) is 19.8. The summed E-state index contributed by atoms with van der Waals surface area (Å²) in [4.78, 5) is 38.7. The van der Waals surface area contributed by atoms with Crippen LogP contribution in [0.15, 0.2) is 60.2 Å². The van der Waals surface area contributed by atoms with Gasteiger partial charge in [0.15, 0.2) is 0 Å². The summed E-state index contributed by atoms with van der Waals surface area (Å²) in [5, 5.41) is 2.32. The van der Waals surface area contributed by atoms with Crippen molar-refractivity contribution in [3.05, 3.63) is 65.7 Å². The van der Waals surface area contributed by atoms with Crippen molar-refractivity contribution in [2.24, 2.45) is 0 Å². The van der Waals surface area contributed by atoms with Gasteiger partial charge in [0.05, 0.1) is 0 Å². The largest absolute Gasteiger partial charge is 0.331 e. The van der Waals surface area contributed by atoms with E-state index >= 15 is 0 Å². The molecule has 28 heavy (non-hydrogen) atoms. The lowest BCUT2D eigenvalue weighted by atomic mass is 9.93. The van der Waals surface area contributed by atoms with Crippen LogP contribution in [0.4, 0.5) is 4.79 Å². The second-order valence-electron chi connectivity index (χ2n) is 7.27. The van der Waals surface area contributed by atoms with Crippen molar-refractivity contribution >= 4 is 23.9 Å². The molecule has 0 spiro atoms. The number of urea groups is 1. The van der Waals surface area contributed by atoms with Crippen molar-refractivity contribution in [2.75, 3.05) is 0 Å². The van der Waals surface area contributed by atoms with E-state index < -0.39 is 17.8 Å². The molecule has 1 aliphatic heterocycles. The Morgan fingerprint density at radius 1 is 0.821 bits per heavy atom. The predicted octanol–water partition coefficient (Wildman–Crippen LogP) is 4.15. The van der Waals surface area contributed by atoms with E-state index in [1.165, 1.54) is 4.90 Å². The summed E-state index contributed by atoms with van der Waals surface area (Å²) in [5.41, 5.74) is 2.91. The van der Waals surface area contributed by atoms with E-state index in [1.54, 1.807) is 6.08 Å². The van der Waals surface area contributed by atoms with Gasteiger partial charge in [0, 0.05) is 6.04 Å². The van der Waals surface area contributed by atoms with E-state index in [0.29, 0.717) is 0 Å². The molecular weight excluding hydrogens is 352 g/mol. The first-order chi connectivity index (χ1) is 13.6. The number of hydrogen-bond acceptors (Lipinski definition) is 3. The highest BCUT2D eigenvalue weighted by molar-refractivity contribution is 6.31. The third-order valence-corrected chi connectivity index (χ3v) is 5.40. The maximum Gasteiger partial charge on any atom is 0.331 e. The van der Waals surface area contributed by atoms with Crippen LogP contribution in [-0.4, -0.2) is 28.8 Å². The van der Waals surface area contributed by atoms with Gasteiger partial charge >= 0.3 is 6.03 Å². The van der Waals surface area contributed by atoms with E-state index in [9.17, 15) is 14.4 Å². The highest BCUT2D eigenvalue weighted by Gasteiger charge is 2.40. The van der Waals surface area contributed by atoms with Crippen LogP contribution in [0.25, 0.3) is 17.2 Å². The van der Waals surface area contributed by atoms with E-state index in [2.05, 4.69) is 5.32 Å². The molecule has 5 nitrogen and oxygen atoms in total. The zero-order valence-electron chi connectivity index (χ0n) is 15.6. The fraction of sp³-hybridized carbons (Fsp3) is 0.261. The molecule has 2 fully saturated rings. The van der Waals surface area contributed by atoms with Gasteiger partial charge in [-0.15, -0.1) is 0 Å². The van der Waals surface area contributed by atoms with Crippen LogP contribution in [-0.2, 0) is 9.59 Å². The fourth-order valence-electron chi connectivity index (χ4n) is 3.91. The second kappa shape index (κ2) is 7.80. The molecule has 0 atom stereocenters. The monoisotopic (exact) mass is 374 g/mol. The maximum absolute atomic E-state index is 12.9. The average Bonchev–Trinajstić information content (AvgIpc) is 2.73. The van der Waals surface area contributed by atoms with Crippen molar-refractivity contribution in [1.29, 1.82) is 0 Å². The topological polar surface area (TPSA) is 66.5 Å². The Morgan fingerprint density at radius 2 is 1.46 bits per heavy atom. The number of carbonyl (C=O) groups excluding carboxylic acids is 3. The summed E-state index contributed by atoms with van der Waals surface area (Å²) in [6.45, 7) is 0. The molecule has 0 aromatic heterocycles. The molecule has 2 aliphatic rings. The van der Waals surface area contributed by atoms with Gasteiger partial charge < -0.3 is 0 Å². The minimum atomic E-state index is -0.630. The van der Waals surface area contributed by atoms with Crippen LogP contribution in [0, 0.1) is 0 Å². The minimum Gasteiger partial charge on any atom is -0.273 e. The Labute approximate surface area is 164 Å². The van der Waals surface area contributed by atoms with Gasteiger partial charge in [0.25, 0.3) is 11.8 Å². The maximum atomic E-state index is 12.9. The first kappa shape index (κ1) is 18.2. The van der Waals surface area contributed by atoms with E-state index in [-0.39, 0.29) is 11.6 Å². The zero-order chi connectivity index (χ0) is 19.5. The molecule has 4 rings (SSSR count). The lowest BCUT2D eigenvalue weighted by molar-refractivity contribution is -0.132. The molecular formula is C23H22N2O3. The number of benzene rings is 2. The van der Waals surface area contributed by atoms with Crippen molar-refractivity contribution in [3.8, 4) is 11.1 Å². The first-order valence-corrected chi connectivity index (χ1v) is 9.69. The Hall–Kier alpha value is -3.21. The molecule has 2 aromatic carbocycles. The number of barbiturate groups is 1. The third kappa shape index (κ3) is 3.60. The van der Waals surface area contributed by atoms with Crippen molar-refractivity contribution < 1.29 is 14.4 Å². The SMILES string of the molecule is O=C1NC(=O)N(C2CCCCC2)C(=O)C1=Cc1ccc(-c2ccccc2)cc1. The molecule has 0 radical (unpaired) electrons. The lowest BCUT2D eigenvalue weighted by Crippen LogP contribution is -2.58. The summed E-state index contributed by atoms with van der Waals surface area (Å²) in [6, 6.07) is 16.9. The average molecular weight is 374 g/mol. The molecule has 4 amide bonds. The molecule has 0 bridgehead atoms. The Kier molecular flexibility index (Phi) is 5.06. The van der Waals surface area contributed by atoms with Gasteiger partial charge in [-0.25, -0.2) is 4.79 Å². The van der Waals surface area contributed by atoms with E-state index in [1.807, 2.05) is 54.6 Å². The van der Waals surface area contributed by atoms with E-state index in [4.69, 9.17) is 0 Å². The molecule has 2 aromatic rings. The van der Waals surface area contributed by atoms with Crippen molar-refractivity contribution in [2.45, 2.75) is 38.1 Å². The van der Waals surface area contributed by atoms with Gasteiger partial charge in [0.1, 0.15) is 5.57 Å². The van der Waals surface area contributed by atoms with Gasteiger partial charge in [-0.05, 0) is 35.6 Å². The zero-order valence-corrected chi connectivity index (χ0v) is 15.6. The summed E-state index contributed by atoms with van der Waals surface area (Å²) < 4.78 is 0. The molecule has 1 aliphatic carbocycles. The molecule has 5 heteroatoms. The van der Waals surface area contributed by atoms with Gasteiger partial charge in [-0.1, -0.05) is 73.9 Å². The molecule has 1 saturated heterocycles. The number of nitrogens with zero attached hydrogens (tertiary/aromatic N) is 1. The van der Waals surface area contributed by atoms with Crippen LogP contribution < -0.4 is 5.32 Å². The molecule has 1 heterocycles. The summed E-state index contributed by atoms with van der Waals surface area (Å²) in [7, 11) is 0.